The molecule has 0 saturated carbocycles. The normalized spacial score (nSPS) is 11.7. The predicted molar refractivity (Wildman–Crippen MR) is 105 cm³/mol. The first-order valence-corrected chi connectivity index (χ1v) is 8.92. The largest absolute Gasteiger partial charge is 0.493 e. The lowest BCUT2D eigenvalue weighted by molar-refractivity contribution is 0.0309. The maximum absolute atomic E-state index is 12.6. The van der Waals surface area contributed by atoms with Crippen LogP contribution < -0.4 is 4.74 Å². The number of para-hydroxylation sites is 1. The number of benzene rings is 2. The molecule has 0 saturated heterocycles. The van der Waals surface area contributed by atoms with Gasteiger partial charge in [0.25, 0.3) is 0 Å². The fourth-order valence-electron chi connectivity index (χ4n) is 2.76. The van der Waals surface area contributed by atoms with E-state index in [0.717, 1.165) is 16.8 Å². The zero-order valence-corrected chi connectivity index (χ0v) is 16.3. The van der Waals surface area contributed by atoms with Crippen LogP contribution in [0, 0.1) is 13.8 Å². The van der Waals surface area contributed by atoms with Gasteiger partial charge in [0.15, 0.2) is 11.9 Å². The lowest BCUT2D eigenvalue weighted by Crippen LogP contribution is -2.25. The molecule has 3 aromatic rings. The van der Waals surface area contributed by atoms with E-state index in [9.17, 15) is 9.59 Å². The number of carbonyl (C=O) groups excluding carboxylic acids is 2. The quantitative estimate of drug-likeness (QED) is 0.480. The molecule has 6 nitrogen and oxygen atoms in total. The van der Waals surface area contributed by atoms with Crippen LogP contribution in [0.3, 0.4) is 0 Å². The van der Waals surface area contributed by atoms with E-state index in [0.29, 0.717) is 5.56 Å². The van der Waals surface area contributed by atoms with Gasteiger partial charge in [-0.3, -0.25) is 4.79 Å². The number of ether oxygens (including phenoxy) is 2. The molecule has 3 rings (SSSR count). The van der Waals surface area contributed by atoms with Crippen molar-refractivity contribution < 1.29 is 19.1 Å². The van der Waals surface area contributed by atoms with Gasteiger partial charge in [-0.25, -0.2) is 9.48 Å². The van der Waals surface area contributed by atoms with Crippen molar-refractivity contribution in [2.24, 2.45) is 0 Å². The van der Waals surface area contributed by atoms with Gasteiger partial charge in [-0.15, -0.1) is 0 Å². The highest BCUT2D eigenvalue weighted by atomic mass is 16.5. The highest BCUT2D eigenvalue weighted by molar-refractivity contribution is 6.01. The third-order valence-corrected chi connectivity index (χ3v) is 4.56. The number of aryl methyl sites for hydroxylation is 2. The zero-order valence-electron chi connectivity index (χ0n) is 16.3. The molecule has 6 heteroatoms. The molecule has 0 amide bonds. The summed E-state index contributed by atoms with van der Waals surface area (Å²) in [4.78, 5) is 25.2. The number of hydrogen-bond acceptors (Lipinski definition) is 5. The predicted octanol–water partition coefficient (Wildman–Crippen LogP) is 3.93. The Morgan fingerprint density at radius 1 is 1.04 bits per heavy atom. The topological polar surface area (TPSA) is 70.4 Å². The maximum Gasteiger partial charge on any atom is 0.363 e. The second-order valence-corrected chi connectivity index (χ2v) is 6.54. The van der Waals surface area contributed by atoms with E-state index < -0.39 is 12.1 Å². The van der Waals surface area contributed by atoms with E-state index in [1.807, 2.05) is 50.2 Å². The lowest BCUT2D eigenvalue weighted by atomic mass is 10.0. The lowest BCUT2D eigenvalue weighted by Gasteiger charge is -2.12. The number of methoxy groups -OCH3 is 1. The minimum atomic E-state index is -0.943. The van der Waals surface area contributed by atoms with E-state index in [1.54, 1.807) is 25.3 Å². The average molecular weight is 378 g/mol. The Morgan fingerprint density at radius 3 is 2.39 bits per heavy atom. The highest BCUT2D eigenvalue weighted by Gasteiger charge is 2.25. The summed E-state index contributed by atoms with van der Waals surface area (Å²) < 4.78 is 12.2. The van der Waals surface area contributed by atoms with Crippen molar-refractivity contribution in [3.05, 3.63) is 77.1 Å². The van der Waals surface area contributed by atoms with Gasteiger partial charge in [-0.1, -0.05) is 30.3 Å². The summed E-state index contributed by atoms with van der Waals surface area (Å²) >= 11 is 0. The number of aromatic nitrogens is 2. The van der Waals surface area contributed by atoms with Gasteiger partial charge in [-0.05, 0) is 50.1 Å². The van der Waals surface area contributed by atoms with Crippen LogP contribution in [0.4, 0.5) is 0 Å². The van der Waals surface area contributed by atoms with Crippen LogP contribution in [0.5, 0.6) is 5.75 Å². The smallest absolute Gasteiger partial charge is 0.363 e. The molecule has 0 aliphatic heterocycles. The fraction of sp³-hybridized carbons (Fsp3) is 0.227. The molecule has 0 N–H and O–H groups in total. The summed E-state index contributed by atoms with van der Waals surface area (Å²) in [5.74, 6) is -0.700. The molecule has 0 aliphatic carbocycles. The molecule has 0 aliphatic rings. The van der Waals surface area contributed by atoms with Crippen molar-refractivity contribution in [2.45, 2.75) is 26.9 Å². The van der Waals surface area contributed by atoms with Crippen LogP contribution in [0.1, 0.15) is 38.9 Å². The Hall–Kier alpha value is -3.41. The first-order valence-electron chi connectivity index (χ1n) is 8.92. The molecule has 0 radical (unpaired) electrons. The van der Waals surface area contributed by atoms with Crippen LogP contribution in [0.25, 0.3) is 5.69 Å². The molecule has 1 heterocycles. The van der Waals surface area contributed by atoms with E-state index >= 15 is 0 Å². The number of rotatable bonds is 6. The van der Waals surface area contributed by atoms with Crippen molar-refractivity contribution in [1.82, 2.24) is 9.78 Å². The summed E-state index contributed by atoms with van der Waals surface area (Å²) in [5, 5.41) is 4.27. The first-order chi connectivity index (χ1) is 13.4. The standard InChI is InChI=1S/C22H22N2O4/c1-14-10-11-17(12-15(14)2)21(25)16(3)28-22(26)20-19(27-4)13-24(23-20)18-8-6-5-7-9-18/h5-13,16H,1-4H3/t16-/m0/s1. The Labute approximate surface area is 163 Å². The highest BCUT2D eigenvalue weighted by Crippen LogP contribution is 2.21. The molecular weight excluding hydrogens is 356 g/mol. The first kappa shape index (κ1) is 19.4. The number of nitrogens with zero attached hydrogens (tertiary/aromatic N) is 2. The summed E-state index contributed by atoms with van der Waals surface area (Å²) in [5.41, 5.74) is 3.40. The monoisotopic (exact) mass is 378 g/mol. The van der Waals surface area contributed by atoms with Crippen molar-refractivity contribution in [1.29, 1.82) is 0 Å². The van der Waals surface area contributed by atoms with Crippen LogP contribution in [0.2, 0.25) is 0 Å². The van der Waals surface area contributed by atoms with Crippen molar-refractivity contribution in [2.75, 3.05) is 7.11 Å². The van der Waals surface area contributed by atoms with Crippen LogP contribution in [0.15, 0.2) is 54.7 Å². The Kier molecular flexibility index (Phi) is 5.59. The second kappa shape index (κ2) is 8.08. The Balaban J connectivity index is 1.79. The van der Waals surface area contributed by atoms with Gasteiger partial charge < -0.3 is 9.47 Å². The molecular formula is C22H22N2O4. The van der Waals surface area contributed by atoms with Gasteiger partial charge in [0.1, 0.15) is 0 Å². The third-order valence-electron chi connectivity index (χ3n) is 4.56. The number of carbonyl (C=O) groups is 2. The van der Waals surface area contributed by atoms with Gasteiger partial charge >= 0.3 is 5.97 Å². The molecule has 1 atom stereocenters. The summed E-state index contributed by atoms with van der Waals surface area (Å²) in [6, 6.07) is 14.7. The molecule has 28 heavy (non-hydrogen) atoms. The molecule has 0 unspecified atom stereocenters. The molecule has 0 fully saturated rings. The van der Waals surface area contributed by atoms with Crippen molar-refractivity contribution in [3.8, 4) is 11.4 Å². The van der Waals surface area contributed by atoms with Crippen LogP contribution >= 0.6 is 0 Å². The molecule has 1 aromatic heterocycles. The zero-order chi connectivity index (χ0) is 20.3. The van der Waals surface area contributed by atoms with E-state index in [-0.39, 0.29) is 17.2 Å². The minimum Gasteiger partial charge on any atom is -0.493 e. The van der Waals surface area contributed by atoms with E-state index in [4.69, 9.17) is 9.47 Å². The number of Topliss-reactive ketones (excluding diaryl/α,β-unsaturated/α-hetero) is 1. The molecule has 2 aromatic carbocycles. The second-order valence-electron chi connectivity index (χ2n) is 6.54. The van der Waals surface area contributed by atoms with Gasteiger partial charge in [0, 0.05) is 5.56 Å². The van der Waals surface area contributed by atoms with Crippen LogP contribution in [-0.4, -0.2) is 34.7 Å². The molecule has 0 spiro atoms. The van der Waals surface area contributed by atoms with Crippen molar-refractivity contribution in [3.63, 3.8) is 0 Å². The fourth-order valence-corrected chi connectivity index (χ4v) is 2.76. The Bertz CT molecular complexity index is 1010. The molecule has 144 valence electrons. The number of ketones is 1. The summed E-state index contributed by atoms with van der Waals surface area (Å²) in [6.07, 6.45) is 0.656. The molecule has 0 bridgehead atoms. The maximum atomic E-state index is 12.6. The van der Waals surface area contributed by atoms with E-state index in [1.165, 1.54) is 11.8 Å². The number of hydrogen-bond donors (Lipinski definition) is 0. The number of esters is 1. The summed E-state index contributed by atoms with van der Waals surface area (Å²) in [6.45, 7) is 5.46. The van der Waals surface area contributed by atoms with Gasteiger partial charge in [-0.2, -0.15) is 5.10 Å². The van der Waals surface area contributed by atoms with E-state index in [2.05, 4.69) is 5.10 Å². The average Bonchev–Trinajstić information content (AvgIpc) is 3.15. The third kappa shape index (κ3) is 3.96. The van der Waals surface area contributed by atoms with Crippen LogP contribution in [-0.2, 0) is 4.74 Å². The SMILES string of the molecule is COc1cn(-c2ccccc2)nc1C(=O)O[C@@H](C)C(=O)c1ccc(C)c(C)c1. The Morgan fingerprint density at radius 2 is 1.75 bits per heavy atom. The van der Waals surface area contributed by atoms with Gasteiger partial charge in [0.05, 0.1) is 19.0 Å². The van der Waals surface area contributed by atoms with Crippen molar-refractivity contribution >= 4 is 11.8 Å². The minimum absolute atomic E-state index is 0.0195. The summed E-state index contributed by atoms with van der Waals surface area (Å²) in [7, 11) is 1.45. The van der Waals surface area contributed by atoms with Gasteiger partial charge in [0.2, 0.25) is 11.5 Å².